The fraction of sp³-hybridized carbons (Fsp3) is 0.136. The van der Waals surface area contributed by atoms with Crippen LogP contribution in [0.1, 0.15) is 11.1 Å². The Hall–Kier alpha value is -2.75. The number of nitrogens with zero attached hydrogens (tertiary/aromatic N) is 1. The Balaban J connectivity index is 1.95. The lowest BCUT2D eigenvalue weighted by Gasteiger charge is -2.25. The lowest BCUT2D eigenvalue weighted by Crippen LogP contribution is -2.38. The van der Waals surface area contributed by atoms with Gasteiger partial charge in [-0.1, -0.05) is 41.4 Å². The zero-order valence-corrected chi connectivity index (χ0v) is 19.4. The van der Waals surface area contributed by atoms with Crippen molar-refractivity contribution in [2.45, 2.75) is 18.0 Å². The Labute approximate surface area is 198 Å². The first-order valence-corrected chi connectivity index (χ1v) is 11.6. The number of sulfonamides is 1. The summed E-state index contributed by atoms with van der Waals surface area (Å²) in [6, 6.07) is 14.8. The van der Waals surface area contributed by atoms with Crippen LogP contribution in [0.5, 0.6) is 0 Å². The van der Waals surface area contributed by atoms with E-state index in [0.717, 1.165) is 10.4 Å². The molecule has 0 heterocycles. The molecule has 0 fully saturated rings. The van der Waals surface area contributed by atoms with E-state index >= 15 is 0 Å². The highest BCUT2D eigenvalue weighted by atomic mass is 35.5. The highest BCUT2D eigenvalue weighted by Gasteiger charge is 2.34. The second kappa shape index (κ2) is 9.62. The Kier molecular flexibility index (Phi) is 7.26. The minimum atomic E-state index is -4.72. The van der Waals surface area contributed by atoms with Crippen LogP contribution in [0.25, 0.3) is 0 Å². The zero-order valence-electron chi connectivity index (χ0n) is 17.0. The number of anilines is 2. The number of aryl methyl sites for hydroxylation is 1. The summed E-state index contributed by atoms with van der Waals surface area (Å²) in [5.41, 5.74) is -0.472. The molecular weight excluding hydrogens is 500 g/mol. The summed E-state index contributed by atoms with van der Waals surface area (Å²) in [7, 11) is -4.21. The molecule has 0 spiro atoms. The third-order valence-electron chi connectivity index (χ3n) is 4.63. The van der Waals surface area contributed by atoms with Gasteiger partial charge in [0.05, 0.1) is 21.2 Å². The predicted molar refractivity (Wildman–Crippen MR) is 122 cm³/mol. The number of nitrogens with one attached hydrogen (secondary N) is 1. The average Bonchev–Trinajstić information content (AvgIpc) is 2.73. The second-order valence-electron chi connectivity index (χ2n) is 6.99. The van der Waals surface area contributed by atoms with Crippen molar-refractivity contribution in [2.24, 2.45) is 0 Å². The van der Waals surface area contributed by atoms with Gasteiger partial charge in [0.1, 0.15) is 6.54 Å². The Morgan fingerprint density at radius 1 is 1.00 bits per heavy atom. The highest BCUT2D eigenvalue weighted by molar-refractivity contribution is 7.92. The van der Waals surface area contributed by atoms with Gasteiger partial charge in [-0.2, -0.15) is 13.2 Å². The number of hydrogen-bond acceptors (Lipinski definition) is 3. The Bertz CT molecular complexity index is 1280. The maximum Gasteiger partial charge on any atom is 0.417 e. The van der Waals surface area contributed by atoms with Gasteiger partial charge in [0.25, 0.3) is 10.0 Å². The van der Waals surface area contributed by atoms with E-state index in [1.165, 1.54) is 36.4 Å². The highest BCUT2D eigenvalue weighted by Crippen LogP contribution is 2.36. The molecule has 3 aromatic carbocycles. The average molecular weight is 517 g/mol. The molecule has 3 aromatic rings. The Morgan fingerprint density at radius 2 is 1.64 bits per heavy atom. The number of para-hydroxylation sites is 1. The summed E-state index contributed by atoms with van der Waals surface area (Å²) in [4.78, 5) is 12.6. The molecule has 11 heteroatoms. The van der Waals surface area contributed by atoms with Gasteiger partial charge in [0.15, 0.2) is 0 Å². The van der Waals surface area contributed by atoms with Crippen molar-refractivity contribution in [3.05, 3.63) is 87.9 Å². The molecule has 3 rings (SSSR count). The molecule has 0 bridgehead atoms. The molecule has 0 unspecified atom stereocenters. The lowest BCUT2D eigenvalue weighted by atomic mass is 10.2. The van der Waals surface area contributed by atoms with E-state index in [-0.39, 0.29) is 16.3 Å². The van der Waals surface area contributed by atoms with Crippen molar-refractivity contribution in [3.63, 3.8) is 0 Å². The van der Waals surface area contributed by atoms with Crippen LogP contribution in [0, 0.1) is 6.92 Å². The molecule has 1 amide bonds. The van der Waals surface area contributed by atoms with Gasteiger partial charge in [0, 0.05) is 10.7 Å². The van der Waals surface area contributed by atoms with Gasteiger partial charge in [0.2, 0.25) is 5.91 Å². The first-order chi connectivity index (χ1) is 15.4. The number of benzene rings is 3. The molecule has 33 heavy (non-hydrogen) atoms. The molecule has 0 radical (unpaired) electrons. The molecule has 0 aliphatic carbocycles. The van der Waals surface area contributed by atoms with E-state index in [0.29, 0.717) is 16.7 Å². The van der Waals surface area contributed by atoms with E-state index in [1.807, 2.05) is 0 Å². The summed E-state index contributed by atoms with van der Waals surface area (Å²) >= 11 is 11.5. The molecule has 0 aromatic heterocycles. The number of hydrogen-bond donors (Lipinski definition) is 1. The van der Waals surface area contributed by atoms with Crippen LogP contribution in [0.3, 0.4) is 0 Å². The van der Waals surface area contributed by atoms with Crippen molar-refractivity contribution < 1.29 is 26.4 Å². The number of carbonyl (C=O) groups is 1. The second-order valence-corrected chi connectivity index (χ2v) is 9.70. The fourth-order valence-corrected chi connectivity index (χ4v) is 4.86. The van der Waals surface area contributed by atoms with Crippen molar-refractivity contribution in [1.82, 2.24) is 0 Å². The van der Waals surface area contributed by atoms with E-state index in [4.69, 9.17) is 23.2 Å². The predicted octanol–water partition coefficient (Wildman–Crippen LogP) is 6.15. The van der Waals surface area contributed by atoms with Crippen LogP contribution in [0.2, 0.25) is 10.0 Å². The number of alkyl halides is 3. The number of rotatable bonds is 6. The third-order valence-corrected chi connectivity index (χ3v) is 6.98. The quantitative estimate of drug-likeness (QED) is 0.426. The first kappa shape index (κ1) is 24.9. The molecular formula is C22H17Cl2F3N2O3S. The summed E-state index contributed by atoms with van der Waals surface area (Å²) in [6.45, 7) is 0.992. The molecule has 174 valence electrons. The van der Waals surface area contributed by atoms with Gasteiger partial charge < -0.3 is 5.32 Å². The van der Waals surface area contributed by atoms with E-state index in [1.54, 1.807) is 25.1 Å². The smallest absolute Gasteiger partial charge is 0.324 e. The molecule has 5 nitrogen and oxygen atoms in total. The first-order valence-electron chi connectivity index (χ1n) is 9.40. The maximum absolute atomic E-state index is 13.4. The van der Waals surface area contributed by atoms with Gasteiger partial charge >= 0.3 is 6.18 Å². The van der Waals surface area contributed by atoms with Gasteiger partial charge in [-0.3, -0.25) is 9.10 Å². The zero-order chi connectivity index (χ0) is 24.4. The van der Waals surface area contributed by atoms with Crippen LogP contribution in [-0.2, 0) is 21.0 Å². The van der Waals surface area contributed by atoms with Crippen molar-refractivity contribution in [3.8, 4) is 0 Å². The van der Waals surface area contributed by atoms with Crippen molar-refractivity contribution in [1.29, 1.82) is 0 Å². The number of amides is 1. The maximum atomic E-state index is 13.4. The molecule has 0 saturated heterocycles. The van der Waals surface area contributed by atoms with Gasteiger partial charge in [-0.25, -0.2) is 8.42 Å². The van der Waals surface area contributed by atoms with Crippen LogP contribution in [0.4, 0.5) is 24.5 Å². The van der Waals surface area contributed by atoms with E-state index in [2.05, 4.69) is 5.32 Å². The number of halogens is 5. The molecule has 0 aliphatic heterocycles. The minimum Gasteiger partial charge on any atom is -0.324 e. The minimum absolute atomic E-state index is 0.103. The molecule has 0 atom stereocenters. The molecule has 1 N–H and O–H groups in total. The standard InChI is InChI=1S/C22H17Cl2F3N2O3S/c1-14-4-2-3-5-20(14)29(33(31,32)17-9-6-15(23)7-10-17)13-21(30)28-16-8-11-19(24)18(12-16)22(25,26)27/h2-12H,13H2,1H3,(H,28,30). The largest absolute Gasteiger partial charge is 0.417 e. The van der Waals surface area contributed by atoms with Crippen LogP contribution in [-0.4, -0.2) is 20.9 Å². The lowest BCUT2D eigenvalue weighted by molar-refractivity contribution is -0.137. The normalized spacial score (nSPS) is 11.8. The van der Waals surface area contributed by atoms with Crippen molar-refractivity contribution >= 4 is 50.5 Å². The fourth-order valence-electron chi connectivity index (χ4n) is 3.03. The topological polar surface area (TPSA) is 66.5 Å². The third kappa shape index (κ3) is 5.79. The van der Waals surface area contributed by atoms with Crippen molar-refractivity contribution in [2.75, 3.05) is 16.2 Å². The summed E-state index contributed by atoms with van der Waals surface area (Å²) in [6.07, 6.45) is -4.72. The van der Waals surface area contributed by atoms with E-state index < -0.39 is 39.2 Å². The van der Waals surface area contributed by atoms with Crippen LogP contribution >= 0.6 is 23.2 Å². The van der Waals surface area contributed by atoms with Crippen LogP contribution in [0.15, 0.2) is 71.6 Å². The number of carbonyl (C=O) groups excluding carboxylic acids is 1. The van der Waals surface area contributed by atoms with Gasteiger partial charge in [-0.15, -0.1) is 0 Å². The summed E-state index contributed by atoms with van der Waals surface area (Å²) in [5, 5.41) is 2.12. The summed E-state index contributed by atoms with van der Waals surface area (Å²) < 4.78 is 67.0. The monoisotopic (exact) mass is 516 g/mol. The van der Waals surface area contributed by atoms with E-state index in [9.17, 15) is 26.4 Å². The molecule has 0 aliphatic rings. The SMILES string of the molecule is Cc1ccccc1N(CC(=O)Nc1ccc(Cl)c(C(F)(F)F)c1)S(=O)(=O)c1ccc(Cl)cc1. The molecule has 0 saturated carbocycles. The van der Waals surface area contributed by atoms with Crippen LogP contribution < -0.4 is 9.62 Å². The Morgan fingerprint density at radius 3 is 2.24 bits per heavy atom. The van der Waals surface area contributed by atoms with Gasteiger partial charge in [-0.05, 0) is 61.0 Å². The summed E-state index contributed by atoms with van der Waals surface area (Å²) in [5.74, 6) is -0.841.